The van der Waals surface area contributed by atoms with Crippen LogP contribution in [-0.4, -0.2) is 84.7 Å². The lowest BCUT2D eigenvalue weighted by molar-refractivity contribution is -0.136. The van der Waals surface area contributed by atoms with Crippen LogP contribution in [0, 0.1) is 0 Å². The van der Waals surface area contributed by atoms with Gasteiger partial charge in [-0.15, -0.1) is 0 Å². The molecule has 38 heavy (non-hydrogen) atoms. The molecule has 1 aliphatic carbocycles. The van der Waals surface area contributed by atoms with E-state index in [1.165, 1.54) is 29.0 Å². The quantitative estimate of drug-likeness (QED) is 0.482. The Kier molecular flexibility index (Phi) is 7.63. The highest BCUT2D eigenvalue weighted by molar-refractivity contribution is 5.89. The van der Waals surface area contributed by atoms with Gasteiger partial charge >= 0.3 is 6.03 Å². The fraction of sp³-hybridized carbons (Fsp3) is 0.533. The van der Waals surface area contributed by atoms with Crippen molar-refractivity contribution in [1.29, 1.82) is 0 Å². The molecule has 0 N–H and O–H groups in total. The molecule has 2 heterocycles. The van der Waals surface area contributed by atoms with Gasteiger partial charge in [0.1, 0.15) is 17.5 Å². The number of carbonyl (C=O) groups excluding carboxylic acids is 2. The molecule has 0 bridgehead atoms. The van der Waals surface area contributed by atoms with Crippen LogP contribution in [-0.2, 0) is 16.1 Å². The van der Waals surface area contributed by atoms with Crippen LogP contribution < -0.4 is 4.74 Å². The van der Waals surface area contributed by atoms with Gasteiger partial charge in [0, 0.05) is 26.7 Å². The van der Waals surface area contributed by atoms with Crippen LogP contribution in [0.5, 0.6) is 5.75 Å². The van der Waals surface area contributed by atoms with Crippen LogP contribution >= 0.6 is 0 Å². The van der Waals surface area contributed by atoms with E-state index in [1.54, 1.807) is 19.1 Å². The van der Waals surface area contributed by atoms with Gasteiger partial charge in [0.05, 0.1) is 13.7 Å². The fourth-order valence-corrected chi connectivity index (χ4v) is 6.08. The molecular weight excluding hydrogens is 480 g/mol. The number of benzene rings is 2. The van der Waals surface area contributed by atoms with Crippen molar-refractivity contribution in [2.75, 3.05) is 47.4 Å². The van der Waals surface area contributed by atoms with Crippen molar-refractivity contribution >= 4 is 11.9 Å². The summed E-state index contributed by atoms with van der Waals surface area (Å²) in [6, 6.07) is 16.8. The van der Waals surface area contributed by atoms with Crippen LogP contribution in [0.3, 0.4) is 0 Å². The maximum Gasteiger partial charge on any atom is 0.343 e. The monoisotopic (exact) mass is 520 g/mol. The number of likely N-dealkylation sites (N-methyl/N-ethyl adjacent to an activating group) is 1. The van der Waals surface area contributed by atoms with Gasteiger partial charge in [-0.05, 0) is 80.8 Å². The summed E-state index contributed by atoms with van der Waals surface area (Å²) in [4.78, 5) is 38.5. The zero-order valence-corrected chi connectivity index (χ0v) is 23.1. The number of nitrogens with zero attached hydrogens (tertiary/aromatic N) is 4. The molecule has 0 radical (unpaired) electrons. The maximum atomic E-state index is 14.2. The third kappa shape index (κ3) is 4.99. The summed E-state index contributed by atoms with van der Waals surface area (Å²) in [5, 5.41) is 1.30. The number of urea groups is 1. The molecule has 5 rings (SSSR count). The zero-order valence-electron chi connectivity index (χ0n) is 23.1. The molecule has 1 unspecified atom stereocenters. The lowest BCUT2D eigenvalue weighted by Gasteiger charge is -2.42. The molecule has 1 atom stereocenters. The van der Waals surface area contributed by atoms with E-state index in [9.17, 15) is 9.59 Å². The largest absolute Gasteiger partial charge is 0.497 e. The Labute approximate surface area is 226 Å². The molecule has 2 aliphatic heterocycles. The molecule has 3 aliphatic rings. The average Bonchev–Trinajstić information content (AvgIpc) is 3.78. The Bertz CT molecular complexity index is 1120. The van der Waals surface area contributed by atoms with E-state index in [1.807, 2.05) is 19.1 Å². The summed E-state index contributed by atoms with van der Waals surface area (Å²) in [7, 11) is 5.39. The molecule has 0 aromatic heterocycles. The minimum atomic E-state index is -0.624. The van der Waals surface area contributed by atoms with Crippen LogP contribution in [0.4, 0.5) is 4.79 Å². The summed E-state index contributed by atoms with van der Waals surface area (Å²) >= 11 is 0. The Morgan fingerprint density at radius 3 is 2.24 bits per heavy atom. The topological polar surface area (TPSA) is 65.6 Å². The number of piperidine rings is 1. The summed E-state index contributed by atoms with van der Waals surface area (Å²) in [6.45, 7) is 3.96. The first-order chi connectivity index (χ1) is 18.4. The van der Waals surface area contributed by atoms with Crippen LogP contribution in [0.25, 0.3) is 0 Å². The van der Waals surface area contributed by atoms with Crippen molar-refractivity contribution in [3.8, 4) is 5.75 Å². The van der Waals surface area contributed by atoms with Crippen molar-refractivity contribution in [2.24, 2.45) is 0 Å². The van der Waals surface area contributed by atoms with E-state index in [0.29, 0.717) is 45.0 Å². The Balaban J connectivity index is 1.37. The first-order valence-electron chi connectivity index (χ1n) is 13.8. The molecule has 3 amide bonds. The van der Waals surface area contributed by atoms with Crippen LogP contribution in [0.15, 0.2) is 48.5 Å². The lowest BCUT2D eigenvalue weighted by atomic mass is 9.86. The van der Waals surface area contributed by atoms with Crippen molar-refractivity contribution in [3.05, 3.63) is 65.2 Å². The minimum Gasteiger partial charge on any atom is -0.497 e. The number of carbonyl (C=O) groups is 2. The average molecular weight is 521 g/mol. The predicted molar refractivity (Wildman–Crippen MR) is 146 cm³/mol. The summed E-state index contributed by atoms with van der Waals surface area (Å²) in [6.07, 6.45) is 4.37. The van der Waals surface area contributed by atoms with Gasteiger partial charge < -0.3 is 14.5 Å². The van der Waals surface area contributed by atoms with Gasteiger partial charge in [-0.1, -0.05) is 36.4 Å². The Morgan fingerprint density at radius 1 is 1.03 bits per heavy atom. The van der Waals surface area contributed by atoms with Gasteiger partial charge in [0.15, 0.2) is 0 Å². The number of hydroxylamine groups is 2. The normalized spacial score (nSPS) is 21.3. The highest BCUT2D eigenvalue weighted by atomic mass is 16.7. The van der Waals surface area contributed by atoms with Crippen molar-refractivity contribution in [2.45, 2.75) is 56.7 Å². The zero-order chi connectivity index (χ0) is 26.9. The number of methoxy groups -OCH3 is 1. The van der Waals surface area contributed by atoms with Gasteiger partial charge in [0.25, 0.3) is 0 Å². The molecule has 204 valence electrons. The molecule has 1 saturated carbocycles. The Hall–Kier alpha value is -3.10. The highest BCUT2D eigenvalue weighted by Crippen LogP contribution is 2.46. The molecule has 2 saturated heterocycles. The number of amides is 3. The second-order valence-electron chi connectivity index (χ2n) is 10.7. The molecule has 8 nitrogen and oxygen atoms in total. The van der Waals surface area contributed by atoms with E-state index in [-0.39, 0.29) is 18.1 Å². The Morgan fingerprint density at radius 2 is 1.66 bits per heavy atom. The van der Waals surface area contributed by atoms with E-state index in [4.69, 9.17) is 9.57 Å². The molecule has 8 heteroatoms. The van der Waals surface area contributed by atoms with Gasteiger partial charge in [-0.3, -0.25) is 14.5 Å². The predicted octanol–water partition coefficient (Wildman–Crippen LogP) is 4.43. The van der Waals surface area contributed by atoms with Crippen molar-refractivity contribution < 1.29 is 19.2 Å². The summed E-state index contributed by atoms with van der Waals surface area (Å²) in [5.74, 6) is 1.69. The first kappa shape index (κ1) is 26.5. The van der Waals surface area contributed by atoms with Gasteiger partial charge in [-0.2, -0.15) is 0 Å². The maximum absolute atomic E-state index is 14.2. The van der Waals surface area contributed by atoms with E-state index < -0.39 is 5.54 Å². The van der Waals surface area contributed by atoms with Gasteiger partial charge in [0.2, 0.25) is 5.91 Å². The van der Waals surface area contributed by atoms with E-state index >= 15 is 0 Å². The molecule has 3 fully saturated rings. The van der Waals surface area contributed by atoms with Crippen LogP contribution in [0.1, 0.15) is 61.4 Å². The van der Waals surface area contributed by atoms with E-state index in [0.717, 1.165) is 17.7 Å². The minimum absolute atomic E-state index is 0.137. The van der Waals surface area contributed by atoms with Crippen molar-refractivity contribution in [3.63, 3.8) is 0 Å². The third-order valence-electron chi connectivity index (χ3n) is 8.53. The molecule has 1 spiro atoms. The number of hydrogen-bond donors (Lipinski definition) is 0. The fourth-order valence-electron chi connectivity index (χ4n) is 6.08. The summed E-state index contributed by atoms with van der Waals surface area (Å²) in [5.41, 5.74) is 3.09. The van der Waals surface area contributed by atoms with Gasteiger partial charge in [-0.25, -0.2) is 9.86 Å². The highest BCUT2D eigenvalue weighted by Gasteiger charge is 2.57. The first-order valence-corrected chi connectivity index (χ1v) is 13.8. The van der Waals surface area contributed by atoms with Crippen LogP contribution in [0.2, 0.25) is 0 Å². The molecule has 2 aromatic rings. The number of ether oxygens (including phenoxy) is 1. The third-order valence-corrected chi connectivity index (χ3v) is 8.53. The summed E-state index contributed by atoms with van der Waals surface area (Å²) < 4.78 is 5.30. The second kappa shape index (κ2) is 10.9. The number of likely N-dealkylation sites (tertiary alicyclic amines) is 1. The lowest BCUT2D eigenvalue weighted by Crippen LogP contribution is -2.57. The SMILES string of the molecule is CCON(C)C(=O)N1CCC2(CC1)C(=O)N(CCc1ccc(OC)cc1)C(c1ccc(C3CC3)cc1)N2C. The second-order valence-corrected chi connectivity index (χ2v) is 10.7. The van der Waals surface area contributed by atoms with Crippen molar-refractivity contribution in [1.82, 2.24) is 19.8 Å². The molecule has 2 aromatic carbocycles. The standard InChI is InChI=1S/C30H40N4O4/c1-5-38-32(3)29(36)33-20-17-30(18-21-33)28(35)34(19-16-22-6-14-26(37-4)15-7-22)27(31(30)2)25-12-10-24(11-13-25)23-8-9-23/h6-7,10-15,23,27H,5,8-9,16-21H2,1-4H3. The number of rotatable bonds is 8. The number of hydrogen-bond acceptors (Lipinski definition) is 5. The molecular formula is C30H40N4O4. The smallest absolute Gasteiger partial charge is 0.343 e. The van der Waals surface area contributed by atoms with E-state index in [2.05, 4.69) is 53.2 Å².